The minimum atomic E-state index is 0.474. The van der Waals surface area contributed by atoms with Crippen molar-refractivity contribution in [3.63, 3.8) is 0 Å². The highest BCUT2D eigenvalue weighted by atomic mass is 32.3. The molecule has 0 saturated heterocycles. The van der Waals surface area contributed by atoms with Crippen molar-refractivity contribution in [1.82, 2.24) is 0 Å². The van der Waals surface area contributed by atoms with Crippen LogP contribution in [0.4, 0.5) is 0 Å². The van der Waals surface area contributed by atoms with Gasteiger partial charge in [-0.2, -0.15) is 0 Å². The summed E-state index contributed by atoms with van der Waals surface area (Å²) in [6, 6.07) is 0. The van der Waals surface area contributed by atoms with Gasteiger partial charge in [0.05, 0.1) is 16.9 Å². The summed E-state index contributed by atoms with van der Waals surface area (Å²) in [5.41, 5.74) is 0. The van der Waals surface area contributed by atoms with E-state index in [0.717, 1.165) is 0 Å². The molecule has 0 spiro atoms. The summed E-state index contributed by atoms with van der Waals surface area (Å²) in [5.74, 6) is 0. The molecule has 0 N–H and O–H groups in total. The highest BCUT2D eigenvalue weighted by molar-refractivity contribution is 8.41. The molecule has 6 heteroatoms. The second-order valence-electron chi connectivity index (χ2n) is 4.47. The molecule has 0 aromatic rings. The molecule has 3 rings (SSSR count). The average molecular weight is 401 g/mol. The lowest BCUT2D eigenvalue weighted by Crippen LogP contribution is -1.95. The minimum Gasteiger partial charge on any atom is -0.121 e. The van der Waals surface area contributed by atoms with Crippen LogP contribution in [0, 0.1) is 0 Å². The molecule has 0 atom stereocenters. The van der Waals surface area contributed by atoms with E-state index in [-0.39, 0.29) is 0 Å². The van der Waals surface area contributed by atoms with Crippen LogP contribution in [0.5, 0.6) is 0 Å². The Morgan fingerprint density at radius 3 is 1.55 bits per heavy atom. The van der Waals surface area contributed by atoms with Gasteiger partial charge in [-0.15, -0.1) is 47.0 Å². The van der Waals surface area contributed by atoms with Crippen molar-refractivity contribution in [3.05, 3.63) is 65.6 Å². The van der Waals surface area contributed by atoms with Crippen molar-refractivity contribution in [2.24, 2.45) is 0 Å². The lowest BCUT2D eigenvalue weighted by molar-refractivity contribution is 1.47. The van der Waals surface area contributed by atoms with Gasteiger partial charge in [0.1, 0.15) is 0 Å². The standard InChI is InChI=1S/C16H16S6/c1-17-13-14(18-2)22-16(21-13)15(19-11-7-3-4-8-11)20-12-9-5-6-10-12/h3-12H,1-2H3. The molecule has 0 radical (unpaired) electrons. The lowest BCUT2D eigenvalue weighted by atomic mass is 10.5. The van der Waals surface area contributed by atoms with Crippen molar-refractivity contribution in [1.29, 1.82) is 0 Å². The zero-order valence-electron chi connectivity index (χ0n) is 12.2. The largest absolute Gasteiger partial charge is 0.121 e. The monoisotopic (exact) mass is 400 g/mol. The summed E-state index contributed by atoms with van der Waals surface area (Å²) in [4.78, 5) is 0. The highest BCUT2D eigenvalue weighted by Gasteiger charge is 2.26. The Balaban J connectivity index is 1.79. The van der Waals surface area contributed by atoms with Crippen LogP contribution < -0.4 is 0 Å². The van der Waals surface area contributed by atoms with Gasteiger partial charge in [0.2, 0.25) is 0 Å². The van der Waals surface area contributed by atoms with Crippen LogP contribution in [0.3, 0.4) is 0 Å². The molecule has 0 fully saturated rings. The summed E-state index contributed by atoms with van der Waals surface area (Å²) < 4.78 is 5.79. The topological polar surface area (TPSA) is 0 Å². The number of thioether (sulfide) groups is 6. The van der Waals surface area contributed by atoms with Gasteiger partial charge in [-0.3, -0.25) is 0 Å². The first-order chi connectivity index (χ1) is 10.8. The molecular formula is C16H16S6. The Morgan fingerprint density at radius 1 is 0.773 bits per heavy atom. The molecule has 2 aliphatic carbocycles. The minimum absolute atomic E-state index is 0.474. The van der Waals surface area contributed by atoms with Crippen molar-refractivity contribution in [2.75, 3.05) is 12.5 Å². The quantitative estimate of drug-likeness (QED) is 0.472. The smallest absolute Gasteiger partial charge is 0.0711 e. The predicted molar refractivity (Wildman–Crippen MR) is 116 cm³/mol. The van der Waals surface area contributed by atoms with E-state index in [1.165, 1.54) is 16.9 Å². The van der Waals surface area contributed by atoms with Gasteiger partial charge in [-0.1, -0.05) is 72.1 Å². The second kappa shape index (κ2) is 8.58. The molecule has 1 heterocycles. The molecule has 0 aromatic heterocycles. The molecule has 1 aliphatic heterocycles. The van der Waals surface area contributed by atoms with Crippen molar-refractivity contribution in [3.8, 4) is 0 Å². The summed E-state index contributed by atoms with van der Waals surface area (Å²) in [7, 11) is 0. The first-order valence-corrected chi connectivity index (χ1v) is 12.6. The Kier molecular flexibility index (Phi) is 6.77. The van der Waals surface area contributed by atoms with E-state index in [0.29, 0.717) is 10.5 Å². The van der Waals surface area contributed by atoms with E-state index >= 15 is 0 Å². The van der Waals surface area contributed by atoms with E-state index in [2.05, 4.69) is 61.1 Å². The first kappa shape index (κ1) is 17.4. The summed E-state index contributed by atoms with van der Waals surface area (Å²) in [6.45, 7) is 0. The fourth-order valence-corrected chi connectivity index (χ4v) is 9.94. The molecular weight excluding hydrogens is 385 g/mol. The average Bonchev–Trinajstić information content (AvgIpc) is 3.27. The van der Waals surface area contributed by atoms with E-state index in [9.17, 15) is 0 Å². The maximum Gasteiger partial charge on any atom is 0.0711 e. The Bertz CT molecular complexity index is 534. The van der Waals surface area contributed by atoms with Crippen LogP contribution in [0.15, 0.2) is 65.6 Å². The number of rotatable bonds is 6. The summed E-state index contributed by atoms with van der Waals surface area (Å²) in [6.07, 6.45) is 22.0. The SMILES string of the molecule is CSC1=C(SC)SC(=C(SC2C=CC=C2)SC2C=CC=C2)S1. The lowest BCUT2D eigenvalue weighted by Gasteiger charge is -2.15. The van der Waals surface area contributed by atoms with Crippen LogP contribution in [0.2, 0.25) is 0 Å². The maximum absolute atomic E-state index is 2.27. The van der Waals surface area contributed by atoms with Gasteiger partial charge in [-0.05, 0) is 12.5 Å². The van der Waals surface area contributed by atoms with E-state index in [4.69, 9.17) is 0 Å². The third-order valence-electron chi connectivity index (χ3n) is 2.99. The zero-order chi connectivity index (χ0) is 15.4. The molecule has 0 bridgehead atoms. The molecule has 0 amide bonds. The van der Waals surface area contributed by atoms with E-state index < -0.39 is 0 Å². The Labute approximate surface area is 158 Å². The Hall–Kier alpha value is 0.540. The number of hydrogen-bond acceptors (Lipinski definition) is 6. The summed E-state index contributed by atoms with van der Waals surface area (Å²) >= 11 is 11.6. The van der Waals surface area contributed by atoms with Crippen LogP contribution in [-0.4, -0.2) is 23.0 Å². The molecule has 3 aliphatic rings. The number of allylic oxidation sites excluding steroid dienone is 4. The van der Waals surface area contributed by atoms with Gasteiger partial charge in [-0.25, -0.2) is 0 Å². The van der Waals surface area contributed by atoms with Crippen LogP contribution in [0.1, 0.15) is 0 Å². The van der Waals surface area contributed by atoms with E-state index in [1.807, 2.05) is 70.6 Å². The molecule has 0 nitrogen and oxygen atoms in total. The van der Waals surface area contributed by atoms with E-state index in [1.54, 1.807) is 0 Å². The first-order valence-electron chi connectivity index (χ1n) is 6.75. The predicted octanol–water partition coefficient (Wildman–Crippen LogP) is 6.90. The molecule has 0 aromatic carbocycles. The maximum atomic E-state index is 2.27. The van der Waals surface area contributed by atoms with Crippen LogP contribution >= 0.6 is 70.6 Å². The van der Waals surface area contributed by atoms with Crippen molar-refractivity contribution >= 4 is 70.6 Å². The van der Waals surface area contributed by atoms with Gasteiger partial charge in [0, 0.05) is 10.5 Å². The third-order valence-corrected chi connectivity index (χ3v) is 11.3. The number of hydrogen-bond donors (Lipinski definition) is 0. The van der Waals surface area contributed by atoms with Crippen LogP contribution in [-0.2, 0) is 0 Å². The molecule has 0 unspecified atom stereocenters. The second-order valence-corrected chi connectivity index (χ2v) is 11.6. The normalized spacial score (nSPS) is 21.1. The fourth-order valence-electron chi connectivity index (χ4n) is 1.96. The Morgan fingerprint density at radius 2 is 1.18 bits per heavy atom. The molecule has 0 saturated carbocycles. The van der Waals surface area contributed by atoms with Gasteiger partial charge in [0.15, 0.2) is 0 Å². The van der Waals surface area contributed by atoms with Gasteiger partial charge in [0.25, 0.3) is 0 Å². The highest BCUT2D eigenvalue weighted by Crippen LogP contribution is 2.60. The van der Waals surface area contributed by atoms with Gasteiger partial charge >= 0.3 is 0 Å². The summed E-state index contributed by atoms with van der Waals surface area (Å²) in [5, 5.41) is 0.947. The third kappa shape index (κ3) is 4.33. The fraction of sp³-hybridized carbons (Fsp3) is 0.250. The molecule has 116 valence electrons. The zero-order valence-corrected chi connectivity index (χ0v) is 17.1. The van der Waals surface area contributed by atoms with Crippen molar-refractivity contribution < 1.29 is 0 Å². The van der Waals surface area contributed by atoms with Crippen molar-refractivity contribution in [2.45, 2.75) is 10.5 Å². The molecule has 22 heavy (non-hydrogen) atoms. The van der Waals surface area contributed by atoms with Crippen LogP contribution in [0.25, 0.3) is 0 Å². The van der Waals surface area contributed by atoms with Gasteiger partial charge < -0.3 is 0 Å².